The number of hydrogen-bond acceptors (Lipinski definition) is 5. The van der Waals surface area contributed by atoms with Crippen molar-refractivity contribution in [2.45, 2.75) is 12.5 Å². The molecular weight excluding hydrogens is 304 g/mol. The highest BCUT2D eigenvalue weighted by Gasteiger charge is 2.24. The summed E-state index contributed by atoms with van der Waals surface area (Å²) < 4.78 is 4.75. The van der Waals surface area contributed by atoms with Gasteiger partial charge in [-0.3, -0.25) is 14.9 Å². The van der Waals surface area contributed by atoms with Crippen LogP contribution in [0.15, 0.2) is 18.2 Å². The Kier molecular flexibility index (Phi) is 6.07. The molecule has 0 aliphatic carbocycles. The lowest BCUT2D eigenvalue weighted by molar-refractivity contribution is -0.384. The summed E-state index contributed by atoms with van der Waals surface area (Å²) >= 11 is 5.79. The molecule has 0 saturated heterocycles. The van der Waals surface area contributed by atoms with E-state index in [9.17, 15) is 19.7 Å². The van der Waals surface area contributed by atoms with Crippen LogP contribution < -0.4 is 5.32 Å². The van der Waals surface area contributed by atoms with Gasteiger partial charge in [-0.2, -0.15) is 0 Å². The van der Waals surface area contributed by atoms with Crippen LogP contribution in [0.25, 0.3) is 0 Å². The molecule has 114 valence electrons. The van der Waals surface area contributed by atoms with Crippen LogP contribution in [0.1, 0.15) is 16.8 Å². The first-order chi connectivity index (χ1) is 9.88. The van der Waals surface area contributed by atoms with Crippen LogP contribution in [-0.4, -0.2) is 41.7 Å². The minimum absolute atomic E-state index is 0.0596. The highest BCUT2D eigenvalue weighted by Crippen LogP contribution is 2.27. The third-order valence-electron chi connectivity index (χ3n) is 2.63. The van der Waals surface area contributed by atoms with Crippen molar-refractivity contribution in [3.8, 4) is 0 Å². The number of hydrogen-bond donors (Lipinski definition) is 2. The topological polar surface area (TPSA) is 119 Å². The lowest BCUT2D eigenvalue weighted by atomic mass is 10.1. The van der Waals surface area contributed by atoms with Gasteiger partial charge in [0, 0.05) is 26.2 Å². The molecule has 1 unspecified atom stereocenters. The molecule has 0 aliphatic rings. The molecule has 0 bridgehead atoms. The maximum absolute atomic E-state index is 12.0. The maximum atomic E-state index is 12.0. The maximum Gasteiger partial charge on any atom is 0.326 e. The number of amides is 1. The number of carboxylic acids is 1. The van der Waals surface area contributed by atoms with Crippen LogP contribution in [0.5, 0.6) is 0 Å². The number of carbonyl (C=O) groups is 2. The van der Waals surface area contributed by atoms with Crippen molar-refractivity contribution in [1.29, 1.82) is 0 Å². The van der Waals surface area contributed by atoms with E-state index < -0.39 is 28.5 Å². The smallest absolute Gasteiger partial charge is 0.326 e. The largest absolute Gasteiger partial charge is 0.480 e. The van der Waals surface area contributed by atoms with Crippen LogP contribution in [0.3, 0.4) is 0 Å². The molecule has 0 heterocycles. The van der Waals surface area contributed by atoms with E-state index >= 15 is 0 Å². The van der Waals surface area contributed by atoms with Crippen molar-refractivity contribution in [3.05, 3.63) is 38.9 Å². The number of nitro benzene ring substituents is 1. The number of methoxy groups -OCH3 is 1. The molecular formula is C12H13ClN2O6. The van der Waals surface area contributed by atoms with Crippen LogP contribution in [0.4, 0.5) is 5.69 Å². The van der Waals surface area contributed by atoms with Crippen molar-refractivity contribution >= 4 is 29.2 Å². The van der Waals surface area contributed by atoms with E-state index in [0.29, 0.717) is 0 Å². The predicted octanol–water partition coefficient (Wildman–Crippen LogP) is 1.47. The molecule has 1 aromatic carbocycles. The van der Waals surface area contributed by atoms with Gasteiger partial charge in [-0.25, -0.2) is 4.79 Å². The highest BCUT2D eigenvalue weighted by atomic mass is 35.5. The fourth-order valence-electron chi connectivity index (χ4n) is 1.57. The number of nitrogens with one attached hydrogen (secondary N) is 1. The Hall–Kier alpha value is -2.19. The number of benzene rings is 1. The lowest BCUT2D eigenvalue weighted by Crippen LogP contribution is -2.41. The SMILES string of the molecule is COCCC(NC(=O)c1cccc([N+](=O)[O-])c1Cl)C(=O)O. The summed E-state index contributed by atoms with van der Waals surface area (Å²) in [5.41, 5.74) is -0.581. The number of halogens is 1. The van der Waals surface area contributed by atoms with Crippen LogP contribution in [0, 0.1) is 10.1 Å². The van der Waals surface area contributed by atoms with Gasteiger partial charge in [0.2, 0.25) is 0 Å². The number of ether oxygens (including phenoxy) is 1. The second kappa shape index (κ2) is 7.55. The number of aliphatic carboxylic acids is 1. The third-order valence-corrected chi connectivity index (χ3v) is 3.03. The quantitative estimate of drug-likeness (QED) is 0.580. The Morgan fingerprint density at radius 1 is 1.52 bits per heavy atom. The van der Waals surface area contributed by atoms with E-state index in [-0.39, 0.29) is 23.6 Å². The molecule has 0 spiro atoms. The van der Waals surface area contributed by atoms with Crippen molar-refractivity contribution in [3.63, 3.8) is 0 Å². The Balaban J connectivity index is 2.95. The van der Waals surface area contributed by atoms with Gasteiger partial charge in [0.15, 0.2) is 0 Å². The minimum Gasteiger partial charge on any atom is -0.480 e. The summed E-state index contributed by atoms with van der Waals surface area (Å²) in [5.74, 6) is -2.03. The molecule has 8 nitrogen and oxygen atoms in total. The summed E-state index contributed by atoms with van der Waals surface area (Å²) in [5, 5.41) is 21.7. The summed E-state index contributed by atoms with van der Waals surface area (Å²) in [4.78, 5) is 33.0. The predicted molar refractivity (Wildman–Crippen MR) is 73.5 cm³/mol. The number of carboxylic acid groups (broad SMARTS) is 1. The van der Waals surface area contributed by atoms with Crippen molar-refractivity contribution in [2.75, 3.05) is 13.7 Å². The Morgan fingerprint density at radius 3 is 2.71 bits per heavy atom. The van der Waals surface area contributed by atoms with Crippen molar-refractivity contribution < 1.29 is 24.4 Å². The summed E-state index contributed by atoms with van der Waals surface area (Å²) in [6.07, 6.45) is 0.0596. The molecule has 9 heteroatoms. The molecule has 0 aromatic heterocycles. The number of nitrogens with zero attached hydrogens (tertiary/aromatic N) is 1. The Labute approximate surface area is 124 Å². The lowest BCUT2D eigenvalue weighted by Gasteiger charge is -2.14. The molecule has 1 atom stereocenters. The molecule has 1 amide bonds. The number of nitro groups is 1. The van der Waals surface area contributed by atoms with Gasteiger partial charge in [0.25, 0.3) is 11.6 Å². The average Bonchev–Trinajstić information content (AvgIpc) is 2.42. The standard InChI is InChI=1S/C12H13ClN2O6/c1-21-6-5-8(12(17)18)14-11(16)7-3-2-4-9(10(7)13)15(19)20/h2-4,8H,5-6H2,1H3,(H,14,16)(H,17,18). The van der Waals surface area contributed by atoms with E-state index in [1.807, 2.05) is 0 Å². The third kappa shape index (κ3) is 4.40. The van der Waals surface area contributed by atoms with E-state index in [1.54, 1.807) is 0 Å². The van der Waals surface area contributed by atoms with Gasteiger partial charge >= 0.3 is 5.97 Å². The van der Waals surface area contributed by atoms with Crippen LogP contribution in [-0.2, 0) is 9.53 Å². The molecule has 0 fully saturated rings. The Morgan fingerprint density at radius 2 is 2.19 bits per heavy atom. The highest BCUT2D eigenvalue weighted by molar-refractivity contribution is 6.35. The normalized spacial score (nSPS) is 11.7. The molecule has 0 aliphatic heterocycles. The first kappa shape index (κ1) is 16.9. The van der Waals surface area contributed by atoms with Crippen LogP contribution >= 0.6 is 11.6 Å². The second-order valence-corrected chi connectivity index (χ2v) is 4.42. The summed E-state index contributed by atoms with van der Waals surface area (Å²) in [6.45, 7) is 0.139. The van der Waals surface area contributed by atoms with E-state index in [2.05, 4.69) is 5.32 Å². The number of rotatable bonds is 7. The zero-order chi connectivity index (χ0) is 16.0. The summed E-state index contributed by atoms with van der Waals surface area (Å²) in [6, 6.07) is 2.55. The second-order valence-electron chi connectivity index (χ2n) is 4.04. The van der Waals surface area contributed by atoms with E-state index in [4.69, 9.17) is 21.4 Å². The van der Waals surface area contributed by atoms with Gasteiger partial charge in [-0.1, -0.05) is 17.7 Å². The molecule has 1 aromatic rings. The van der Waals surface area contributed by atoms with Crippen molar-refractivity contribution in [2.24, 2.45) is 0 Å². The van der Waals surface area contributed by atoms with Crippen LogP contribution in [0.2, 0.25) is 5.02 Å². The molecule has 0 saturated carbocycles. The van der Waals surface area contributed by atoms with E-state index in [1.165, 1.54) is 19.2 Å². The zero-order valence-corrected chi connectivity index (χ0v) is 11.8. The fraction of sp³-hybridized carbons (Fsp3) is 0.333. The zero-order valence-electron chi connectivity index (χ0n) is 11.0. The van der Waals surface area contributed by atoms with Gasteiger partial charge in [0.05, 0.1) is 10.5 Å². The minimum atomic E-state index is -1.23. The fourth-order valence-corrected chi connectivity index (χ4v) is 1.85. The first-order valence-corrected chi connectivity index (χ1v) is 6.21. The van der Waals surface area contributed by atoms with Gasteiger partial charge in [-0.05, 0) is 6.07 Å². The van der Waals surface area contributed by atoms with Gasteiger partial charge < -0.3 is 15.2 Å². The van der Waals surface area contributed by atoms with E-state index in [0.717, 1.165) is 6.07 Å². The number of carbonyl (C=O) groups excluding carboxylic acids is 1. The monoisotopic (exact) mass is 316 g/mol. The average molecular weight is 317 g/mol. The first-order valence-electron chi connectivity index (χ1n) is 5.84. The molecule has 2 N–H and O–H groups in total. The van der Waals surface area contributed by atoms with Gasteiger partial charge in [0.1, 0.15) is 11.1 Å². The summed E-state index contributed by atoms with van der Waals surface area (Å²) in [7, 11) is 1.40. The Bertz CT molecular complexity index is 563. The van der Waals surface area contributed by atoms with Gasteiger partial charge in [-0.15, -0.1) is 0 Å². The van der Waals surface area contributed by atoms with Crippen molar-refractivity contribution in [1.82, 2.24) is 5.32 Å². The molecule has 21 heavy (non-hydrogen) atoms. The molecule has 0 radical (unpaired) electrons. The molecule has 1 rings (SSSR count).